The van der Waals surface area contributed by atoms with Crippen LogP contribution in [0.3, 0.4) is 0 Å². The number of carbonyl (C=O) groups excluding carboxylic acids is 2. The van der Waals surface area contributed by atoms with E-state index >= 15 is 0 Å². The van der Waals surface area contributed by atoms with Crippen molar-refractivity contribution < 1.29 is 23.8 Å². The number of benzene rings is 3. The lowest BCUT2D eigenvalue weighted by atomic mass is 10.0. The SMILES string of the molecule is CCCCNC(=O)[C@H](c1ccccc1)N(Cc1ccc(OC)cc1)C(=O)Cc1ccc(OC)c(OC)c1. The van der Waals surface area contributed by atoms with Crippen molar-refractivity contribution in [1.82, 2.24) is 10.2 Å². The van der Waals surface area contributed by atoms with Crippen molar-refractivity contribution in [3.05, 3.63) is 89.5 Å². The number of hydrogen-bond donors (Lipinski definition) is 1. The van der Waals surface area contributed by atoms with Crippen molar-refractivity contribution in [3.8, 4) is 17.2 Å². The van der Waals surface area contributed by atoms with Gasteiger partial charge in [-0.1, -0.05) is 61.9 Å². The molecule has 0 saturated heterocycles. The van der Waals surface area contributed by atoms with E-state index < -0.39 is 6.04 Å². The summed E-state index contributed by atoms with van der Waals surface area (Å²) in [6, 6.07) is 21.6. The van der Waals surface area contributed by atoms with E-state index in [1.54, 1.807) is 38.4 Å². The molecule has 0 saturated carbocycles. The van der Waals surface area contributed by atoms with E-state index in [0.717, 1.165) is 35.3 Å². The quantitative estimate of drug-likeness (QED) is 0.334. The van der Waals surface area contributed by atoms with Crippen molar-refractivity contribution in [1.29, 1.82) is 0 Å². The van der Waals surface area contributed by atoms with Crippen molar-refractivity contribution >= 4 is 11.8 Å². The first-order chi connectivity index (χ1) is 18.0. The molecule has 7 nitrogen and oxygen atoms in total. The summed E-state index contributed by atoms with van der Waals surface area (Å²) >= 11 is 0. The summed E-state index contributed by atoms with van der Waals surface area (Å²) in [5, 5.41) is 3.03. The van der Waals surface area contributed by atoms with Crippen LogP contribution in [0.5, 0.6) is 17.2 Å². The predicted molar refractivity (Wildman–Crippen MR) is 144 cm³/mol. The molecule has 3 rings (SSSR count). The zero-order valence-corrected chi connectivity index (χ0v) is 22.0. The van der Waals surface area contributed by atoms with Crippen LogP contribution in [0.15, 0.2) is 72.8 Å². The van der Waals surface area contributed by atoms with Crippen LogP contribution in [-0.4, -0.2) is 44.6 Å². The molecular weight excluding hydrogens is 468 g/mol. The molecule has 0 bridgehead atoms. The Balaban J connectivity index is 1.99. The van der Waals surface area contributed by atoms with E-state index in [-0.39, 0.29) is 24.8 Å². The largest absolute Gasteiger partial charge is 0.497 e. The Morgan fingerprint density at radius 3 is 2.14 bits per heavy atom. The van der Waals surface area contributed by atoms with Gasteiger partial charge in [-0.3, -0.25) is 9.59 Å². The van der Waals surface area contributed by atoms with Crippen LogP contribution in [-0.2, 0) is 22.6 Å². The molecule has 0 unspecified atom stereocenters. The molecule has 0 fully saturated rings. The van der Waals surface area contributed by atoms with E-state index in [1.165, 1.54) is 0 Å². The lowest BCUT2D eigenvalue weighted by molar-refractivity contribution is -0.141. The van der Waals surface area contributed by atoms with Gasteiger partial charge in [-0.05, 0) is 47.4 Å². The van der Waals surface area contributed by atoms with Gasteiger partial charge in [0.25, 0.3) is 0 Å². The highest BCUT2D eigenvalue weighted by atomic mass is 16.5. The van der Waals surface area contributed by atoms with E-state index in [0.29, 0.717) is 18.0 Å². The molecule has 0 aliphatic carbocycles. The first kappa shape index (κ1) is 27.6. The Kier molecular flexibility index (Phi) is 10.4. The summed E-state index contributed by atoms with van der Waals surface area (Å²) in [6.07, 6.45) is 1.93. The zero-order valence-electron chi connectivity index (χ0n) is 22.0. The number of hydrogen-bond acceptors (Lipinski definition) is 5. The van der Waals surface area contributed by atoms with Gasteiger partial charge in [0, 0.05) is 13.1 Å². The minimum atomic E-state index is -0.784. The molecule has 0 aliphatic rings. The van der Waals surface area contributed by atoms with Gasteiger partial charge in [0.2, 0.25) is 11.8 Å². The molecule has 3 aromatic carbocycles. The number of rotatable bonds is 13. The van der Waals surface area contributed by atoms with Gasteiger partial charge >= 0.3 is 0 Å². The number of nitrogens with one attached hydrogen (secondary N) is 1. The number of ether oxygens (including phenoxy) is 3. The summed E-state index contributed by atoms with van der Waals surface area (Å²) in [4.78, 5) is 29.1. The molecule has 1 atom stereocenters. The minimum absolute atomic E-state index is 0.0993. The van der Waals surface area contributed by atoms with Gasteiger partial charge < -0.3 is 24.4 Å². The minimum Gasteiger partial charge on any atom is -0.497 e. The molecule has 0 heterocycles. The van der Waals surface area contributed by atoms with Gasteiger partial charge in [0.05, 0.1) is 27.8 Å². The van der Waals surface area contributed by atoms with Crippen LogP contribution in [0.4, 0.5) is 0 Å². The normalized spacial score (nSPS) is 11.4. The summed E-state index contributed by atoms with van der Waals surface area (Å²) in [6.45, 7) is 2.89. The maximum Gasteiger partial charge on any atom is 0.247 e. The van der Waals surface area contributed by atoms with Crippen LogP contribution in [0.2, 0.25) is 0 Å². The molecule has 0 radical (unpaired) electrons. The fourth-order valence-corrected chi connectivity index (χ4v) is 4.11. The first-order valence-corrected chi connectivity index (χ1v) is 12.5. The maximum atomic E-state index is 13.9. The molecule has 196 valence electrons. The first-order valence-electron chi connectivity index (χ1n) is 12.5. The lowest BCUT2D eigenvalue weighted by Gasteiger charge is -2.32. The van der Waals surface area contributed by atoms with Crippen LogP contribution < -0.4 is 19.5 Å². The van der Waals surface area contributed by atoms with Crippen molar-refractivity contribution in [2.75, 3.05) is 27.9 Å². The highest BCUT2D eigenvalue weighted by Crippen LogP contribution is 2.29. The van der Waals surface area contributed by atoms with Crippen molar-refractivity contribution in [2.45, 2.75) is 38.8 Å². The van der Waals surface area contributed by atoms with Gasteiger partial charge in [0.1, 0.15) is 11.8 Å². The zero-order chi connectivity index (χ0) is 26.6. The number of carbonyl (C=O) groups is 2. The molecule has 37 heavy (non-hydrogen) atoms. The van der Waals surface area contributed by atoms with Gasteiger partial charge in [-0.15, -0.1) is 0 Å². The smallest absolute Gasteiger partial charge is 0.247 e. The Hall–Kier alpha value is -4.00. The summed E-state index contributed by atoms with van der Waals surface area (Å²) in [5.41, 5.74) is 2.41. The third-order valence-electron chi connectivity index (χ3n) is 6.14. The second-order valence-electron chi connectivity index (χ2n) is 8.69. The highest BCUT2D eigenvalue weighted by molar-refractivity contribution is 5.89. The third-order valence-corrected chi connectivity index (χ3v) is 6.14. The van der Waals surface area contributed by atoms with E-state index in [1.807, 2.05) is 60.7 Å². The Labute approximate surface area is 219 Å². The van der Waals surface area contributed by atoms with E-state index in [2.05, 4.69) is 12.2 Å². The third kappa shape index (κ3) is 7.49. The number of nitrogens with zero attached hydrogens (tertiary/aromatic N) is 1. The van der Waals surface area contributed by atoms with Crippen molar-refractivity contribution in [3.63, 3.8) is 0 Å². The lowest BCUT2D eigenvalue weighted by Crippen LogP contribution is -2.44. The maximum absolute atomic E-state index is 13.9. The summed E-state index contributed by atoms with van der Waals surface area (Å²) in [5.74, 6) is 1.48. The molecule has 0 aromatic heterocycles. The Morgan fingerprint density at radius 2 is 1.51 bits per heavy atom. The second kappa shape index (κ2) is 13.9. The summed E-state index contributed by atoms with van der Waals surface area (Å²) < 4.78 is 16.0. The van der Waals surface area contributed by atoms with Crippen LogP contribution >= 0.6 is 0 Å². The van der Waals surface area contributed by atoms with E-state index in [9.17, 15) is 9.59 Å². The fraction of sp³-hybridized carbons (Fsp3) is 0.333. The van der Waals surface area contributed by atoms with Crippen LogP contribution in [0.1, 0.15) is 42.5 Å². The Morgan fingerprint density at radius 1 is 0.838 bits per heavy atom. The van der Waals surface area contributed by atoms with Crippen LogP contribution in [0.25, 0.3) is 0 Å². The number of unbranched alkanes of at least 4 members (excludes halogenated alkanes) is 1. The molecule has 3 aromatic rings. The Bertz CT molecular complexity index is 1150. The number of amides is 2. The molecule has 1 N–H and O–H groups in total. The van der Waals surface area contributed by atoms with Crippen molar-refractivity contribution in [2.24, 2.45) is 0 Å². The molecular formula is C30H36N2O5. The topological polar surface area (TPSA) is 77.1 Å². The highest BCUT2D eigenvalue weighted by Gasteiger charge is 2.31. The van der Waals surface area contributed by atoms with Gasteiger partial charge in [-0.25, -0.2) is 0 Å². The second-order valence-corrected chi connectivity index (χ2v) is 8.69. The standard InChI is InChI=1S/C30H36N2O5/c1-5-6-18-31-30(34)29(24-10-8-7-9-11-24)32(21-22-12-15-25(35-2)16-13-22)28(33)20-23-14-17-26(36-3)27(19-23)37-4/h7-17,19,29H,5-6,18,20-21H2,1-4H3,(H,31,34)/t29-/m0/s1. The molecule has 2 amide bonds. The average molecular weight is 505 g/mol. The summed E-state index contributed by atoms with van der Waals surface area (Å²) in [7, 11) is 4.74. The average Bonchev–Trinajstić information content (AvgIpc) is 2.93. The van der Waals surface area contributed by atoms with Gasteiger partial charge in [-0.2, -0.15) is 0 Å². The number of methoxy groups -OCH3 is 3. The van der Waals surface area contributed by atoms with E-state index in [4.69, 9.17) is 14.2 Å². The van der Waals surface area contributed by atoms with Crippen LogP contribution in [0, 0.1) is 0 Å². The monoisotopic (exact) mass is 504 g/mol. The predicted octanol–water partition coefficient (Wildman–Crippen LogP) is 4.94. The molecule has 0 spiro atoms. The molecule has 7 heteroatoms. The molecule has 0 aliphatic heterocycles. The van der Waals surface area contributed by atoms with Gasteiger partial charge in [0.15, 0.2) is 11.5 Å². The fourth-order valence-electron chi connectivity index (χ4n) is 4.11.